The van der Waals surface area contributed by atoms with Gasteiger partial charge in [-0.25, -0.2) is 0 Å². The number of fused-ring (bicyclic) bond motifs is 1. The van der Waals surface area contributed by atoms with Gasteiger partial charge in [0.05, 0.1) is 12.6 Å². The highest BCUT2D eigenvalue weighted by molar-refractivity contribution is 4.93. The molecule has 2 aliphatic rings. The molecule has 0 spiro atoms. The lowest BCUT2D eigenvalue weighted by Crippen LogP contribution is -2.55. The average molecular weight is 203 g/mol. The van der Waals surface area contributed by atoms with E-state index in [1.54, 1.807) is 7.11 Å². The first kappa shape index (κ1) is 10.3. The van der Waals surface area contributed by atoms with Gasteiger partial charge in [-0.3, -0.25) is 0 Å². The summed E-state index contributed by atoms with van der Waals surface area (Å²) < 4.78 is 21.9. The highest BCUT2D eigenvalue weighted by atomic mass is 16.8. The molecule has 2 aliphatic heterocycles. The van der Waals surface area contributed by atoms with Crippen LogP contribution in [0.5, 0.6) is 0 Å². The molecular weight excluding hydrogens is 186 g/mol. The van der Waals surface area contributed by atoms with Gasteiger partial charge in [-0.1, -0.05) is 0 Å². The second kappa shape index (κ2) is 3.43. The van der Waals surface area contributed by atoms with Crippen LogP contribution in [0, 0.1) is 0 Å². The van der Waals surface area contributed by atoms with Crippen molar-refractivity contribution in [2.45, 2.75) is 44.2 Å². The van der Waals surface area contributed by atoms with Crippen molar-refractivity contribution < 1.29 is 18.9 Å². The van der Waals surface area contributed by atoms with Crippen molar-refractivity contribution in [2.24, 2.45) is 5.73 Å². The fraction of sp³-hybridized carbons (Fsp3) is 1.00. The van der Waals surface area contributed by atoms with Crippen LogP contribution in [-0.4, -0.2) is 44.0 Å². The van der Waals surface area contributed by atoms with Crippen molar-refractivity contribution in [1.29, 1.82) is 0 Å². The lowest BCUT2D eigenvalue weighted by molar-refractivity contribution is -0.221. The average Bonchev–Trinajstić information content (AvgIpc) is 2.42. The highest BCUT2D eigenvalue weighted by Gasteiger charge is 2.51. The van der Waals surface area contributed by atoms with Crippen molar-refractivity contribution >= 4 is 0 Å². The van der Waals surface area contributed by atoms with E-state index in [0.29, 0.717) is 6.61 Å². The largest absolute Gasteiger partial charge is 0.353 e. The number of ether oxygens (including phenoxy) is 4. The van der Waals surface area contributed by atoms with Crippen molar-refractivity contribution in [3.05, 3.63) is 0 Å². The minimum Gasteiger partial charge on any atom is -0.353 e. The molecule has 0 radical (unpaired) electrons. The Morgan fingerprint density at radius 3 is 2.57 bits per heavy atom. The van der Waals surface area contributed by atoms with Crippen LogP contribution in [0.3, 0.4) is 0 Å². The van der Waals surface area contributed by atoms with Crippen molar-refractivity contribution in [3.8, 4) is 0 Å². The Balaban J connectivity index is 2.14. The van der Waals surface area contributed by atoms with E-state index >= 15 is 0 Å². The molecule has 2 rings (SSSR count). The second-order valence-electron chi connectivity index (χ2n) is 4.17. The first-order valence-corrected chi connectivity index (χ1v) is 4.79. The van der Waals surface area contributed by atoms with E-state index in [0.717, 1.165) is 0 Å². The van der Waals surface area contributed by atoms with E-state index in [2.05, 4.69) is 0 Å². The van der Waals surface area contributed by atoms with E-state index in [-0.39, 0.29) is 24.5 Å². The lowest BCUT2D eigenvalue weighted by atomic mass is 10.0. The second-order valence-corrected chi connectivity index (χ2v) is 4.17. The van der Waals surface area contributed by atoms with Crippen LogP contribution in [0.2, 0.25) is 0 Å². The molecular formula is C9H17NO4. The summed E-state index contributed by atoms with van der Waals surface area (Å²) in [6, 6.07) is -0.145. The van der Waals surface area contributed by atoms with Crippen LogP contribution in [0.15, 0.2) is 0 Å². The first-order chi connectivity index (χ1) is 6.53. The minimum atomic E-state index is -0.600. The summed E-state index contributed by atoms with van der Waals surface area (Å²) in [4.78, 5) is 0. The molecule has 82 valence electrons. The molecule has 0 bridgehead atoms. The zero-order valence-electron chi connectivity index (χ0n) is 8.73. The maximum Gasteiger partial charge on any atom is 0.186 e. The molecule has 5 heteroatoms. The number of hydrogen-bond donors (Lipinski definition) is 1. The molecule has 0 aromatic carbocycles. The minimum absolute atomic E-state index is 0.135. The van der Waals surface area contributed by atoms with Crippen molar-refractivity contribution in [1.82, 2.24) is 0 Å². The summed E-state index contributed by atoms with van der Waals surface area (Å²) in [5, 5.41) is 0. The van der Waals surface area contributed by atoms with E-state index in [4.69, 9.17) is 24.7 Å². The standard InChI is InChI=1S/C9H17NO4/c1-9(2)13-6-5(10)4-12-8(11-3)7(6)14-9/h5-8H,4,10H2,1-3H3/t5-,6-,7-,8-/m1/s1. The van der Waals surface area contributed by atoms with Gasteiger partial charge >= 0.3 is 0 Å². The van der Waals surface area contributed by atoms with Crippen LogP contribution in [0.1, 0.15) is 13.8 Å². The predicted molar refractivity (Wildman–Crippen MR) is 48.5 cm³/mol. The Morgan fingerprint density at radius 2 is 1.93 bits per heavy atom. The van der Waals surface area contributed by atoms with Gasteiger partial charge in [-0.15, -0.1) is 0 Å². The Labute approximate surface area is 83.4 Å². The smallest absolute Gasteiger partial charge is 0.186 e. The molecule has 2 fully saturated rings. The van der Waals surface area contributed by atoms with Crippen LogP contribution in [-0.2, 0) is 18.9 Å². The molecule has 0 saturated carbocycles. The summed E-state index contributed by atoms with van der Waals surface area (Å²) in [5.74, 6) is -0.600. The van der Waals surface area contributed by atoms with Gasteiger partial charge in [0.25, 0.3) is 0 Å². The molecule has 0 aromatic rings. The molecule has 0 amide bonds. The van der Waals surface area contributed by atoms with E-state index < -0.39 is 5.79 Å². The van der Waals surface area contributed by atoms with Crippen LogP contribution in [0.4, 0.5) is 0 Å². The van der Waals surface area contributed by atoms with Crippen molar-refractivity contribution in [3.63, 3.8) is 0 Å². The van der Waals surface area contributed by atoms with E-state index in [1.807, 2.05) is 13.8 Å². The fourth-order valence-corrected chi connectivity index (χ4v) is 1.96. The summed E-state index contributed by atoms with van der Waals surface area (Å²) in [7, 11) is 1.59. The molecule has 0 aliphatic carbocycles. The van der Waals surface area contributed by atoms with Gasteiger partial charge in [-0.2, -0.15) is 0 Å². The van der Waals surface area contributed by atoms with E-state index in [1.165, 1.54) is 0 Å². The maximum atomic E-state index is 5.87. The van der Waals surface area contributed by atoms with Gasteiger partial charge < -0.3 is 24.7 Å². The Kier molecular flexibility index (Phi) is 2.53. The lowest BCUT2D eigenvalue weighted by Gasteiger charge is -2.34. The molecule has 0 aromatic heterocycles. The molecule has 14 heavy (non-hydrogen) atoms. The number of methoxy groups -OCH3 is 1. The third-order valence-corrected chi connectivity index (χ3v) is 2.54. The Bertz CT molecular complexity index is 221. The van der Waals surface area contributed by atoms with Crippen LogP contribution in [0.25, 0.3) is 0 Å². The number of hydrogen-bond acceptors (Lipinski definition) is 5. The van der Waals surface area contributed by atoms with Gasteiger partial charge in [0.15, 0.2) is 12.1 Å². The first-order valence-electron chi connectivity index (χ1n) is 4.79. The van der Waals surface area contributed by atoms with Crippen LogP contribution >= 0.6 is 0 Å². The van der Waals surface area contributed by atoms with Gasteiger partial charge in [-0.05, 0) is 13.8 Å². The normalized spacial score (nSPS) is 46.3. The molecule has 2 saturated heterocycles. The van der Waals surface area contributed by atoms with Gasteiger partial charge in [0, 0.05) is 7.11 Å². The predicted octanol–water partition coefficient (Wildman–Crippen LogP) is -0.163. The third-order valence-electron chi connectivity index (χ3n) is 2.54. The summed E-state index contributed by atoms with van der Waals surface area (Å²) in [6.45, 7) is 4.18. The third kappa shape index (κ3) is 1.66. The quantitative estimate of drug-likeness (QED) is 0.641. The zero-order chi connectivity index (χ0) is 10.3. The van der Waals surface area contributed by atoms with Crippen LogP contribution < -0.4 is 5.73 Å². The molecule has 5 nitrogen and oxygen atoms in total. The monoisotopic (exact) mass is 203 g/mol. The topological polar surface area (TPSA) is 62.9 Å². The Morgan fingerprint density at radius 1 is 1.29 bits per heavy atom. The highest BCUT2D eigenvalue weighted by Crippen LogP contribution is 2.34. The molecule has 2 heterocycles. The van der Waals surface area contributed by atoms with Gasteiger partial charge in [0.1, 0.15) is 12.2 Å². The molecule has 4 atom stereocenters. The molecule has 0 unspecified atom stereocenters. The summed E-state index contributed by atoms with van der Waals surface area (Å²) in [6.07, 6.45) is -0.732. The number of rotatable bonds is 1. The summed E-state index contributed by atoms with van der Waals surface area (Å²) in [5.41, 5.74) is 5.87. The van der Waals surface area contributed by atoms with E-state index in [9.17, 15) is 0 Å². The fourth-order valence-electron chi connectivity index (χ4n) is 1.96. The van der Waals surface area contributed by atoms with Crippen molar-refractivity contribution in [2.75, 3.05) is 13.7 Å². The maximum absolute atomic E-state index is 5.87. The Hall–Kier alpha value is -0.200. The SMILES string of the molecule is CO[C@@H]1OC[C@@H](N)[C@H]2OC(C)(C)O[C@@H]12. The number of nitrogens with two attached hydrogens (primary N) is 1. The summed E-state index contributed by atoms with van der Waals surface area (Å²) >= 11 is 0. The molecule has 2 N–H and O–H groups in total. The van der Waals surface area contributed by atoms with Gasteiger partial charge in [0.2, 0.25) is 0 Å². The zero-order valence-corrected chi connectivity index (χ0v) is 8.73.